The molecule has 0 atom stereocenters. The van der Waals surface area contributed by atoms with Gasteiger partial charge in [0.2, 0.25) is 10.0 Å². The summed E-state index contributed by atoms with van der Waals surface area (Å²) in [5.74, 6) is 0.375. The molecule has 19 heavy (non-hydrogen) atoms. The van der Waals surface area contributed by atoms with Gasteiger partial charge in [0.05, 0.1) is 4.90 Å². The fourth-order valence-corrected chi connectivity index (χ4v) is 5.08. The molecule has 0 amide bonds. The van der Waals surface area contributed by atoms with Crippen LogP contribution in [0, 0.1) is 0 Å². The van der Waals surface area contributed by atoms with Crippen LogP contribution in [-0.4, -0.2) is 25.3 Å². The molecule has 0 radical (unpaired) electrons. The minimum absolute atomic E-state index is 0.185. The number of benzene rings is 1. The van der Waals surface area contributed by atoms with Crippen LogP contribution in [0.3, 0.4) is 0 Å². The summed E-state index contributed by atoms with van der Waals surface area (Å²) in [5, 5.41) is 0. The van der Waals surface area contributed by atoms with Gasteiger partial charge in [-0.2, -0.15) is 4.31 Å². The van der Waals surface area contributed by atoms with Crippen molar-refractivity contribution in [3.05, 3.63) is 28.2 Å². The largest absolute Gasteiger partial charge is 0.244 e. The minimum Gasteiger partial charge on any atom is -0.207 e. The molecular weight excluding hydrogens is 350 g/mol. The van der Waals surface area contributed by atoms with Crippen LogP contribution < -0.4 is 0 Å². The van der Waals surface area contributed by atoms with Crippen molar-refractivity contribution in [2.45, 2.75) is 43.0 Å². The Balaban J connectivity index is 2.37. The lowest BCUT2D eigenvalue weighted by atomic mass is 10.2. The zero-order valence-corrected chi connectivity index (χ0v) is 13.9. The highest BCUT2D eigenvalue weighted by molar-refractivity contribution is 9.10. The molecule has 0 N–H and O–H groups in total. The molecule has 0 bridgehead atoms. The summed E-state index contributed by atoms with van der Waals surface area (Å²) in [6, 6.07) is 5.37. The summed E-state index contributed by atoms with van der Waals surface area (Å²) >= 11 is 9.11. The standard InChI is InChI=1S/C13H17BrClNO2S/c1-2-7-16(11-4-5-11)19(17,18)13-6-3-10(9-15)8-12(13)14/h3,6,8,11H,2,4-5,7,9H2,1H3. The maximum Gasteiger partial charge on any atom is 0.244 e. The molecule has 106 valence electrons. The monoisotopic (exact) mass is 365 g/mol. The van der Waals surface area contributed by atoms with E-state index < -0.39 is 10.0 Å². The Kier molecular flexibility index (Phi) is 4.93. The number of sulfonamides is 1. The third-order valence-corrected chi connectivity index (χ3v) is 6.37. The Bertz CT molecular complexity index is 558. The molecule has 2 rings (SSSR count). The Morgan fingerprint density at radius 1 is 1.42 bits per heavy atom. The molecule has 0 aromatic heterocycles. The molecule has 0 aliphatic heterocycles. The molecule has 0 saturated heterocycles. The van der Waals surface area contributed by atoms with Gasteiger partial charge in [0, 0.05) is 22.9 Å². The highest BCUT2D eigenvalue weighted by Crippen LogP contribution is 2.34. The SMILES string of the molecule is CCCN(C1CC1)S(=O)(=O)c1ccc(CCl)cc1Br. The first kappa shape index (κ1) is 15.3. The van der Waals surface area contributed by atoms with Gasteiger partial charge in [0.1, 0.15) is 0 Å². The third-order valence-electron chi connectivity index (χ3n) is 3.14. The average molecular weight is 367 g/mol. The van der Waals surface area contributed by atoms with Crippen molar-refractivity contribution >= 4 is 37.6 Å². The summed E-state index contributed by atoms with van der Waals surface area (Å²) in [4.78, 5) is 0.335. The van der Waals surface area contributed by atoms with Crippen molar-refractivity contribution < 1.29 is 8.42 Å². The highest BCUT2D eigenvalue weighted by Gasteiger charge is 2.38. The van der Waals surface area contributed by atoms with Crippen molar-refractivity contribution in [3.63, 3.8) is 0 Å². The normalized spacial score (nSPS) is 16.0. The van der Waals surface area contributed by atoms with E-state index in [0.29, 0.717) is 21.8 Å². The molecule has 1 aromatic rings. The lowest BCUT2D eigenvalue weighted by Gasteiger charge is -2.22. The number of alkyl halides is 1. The van der Waals surface area contributed by atoms with Crippen molar-refractivity contribution in [2.75, 3.05) is 6.54 Å². The lowest BCUT2D eigenvalue weighted by Crippen LogP contribution is -2.34. The smallest absolute Gasteiger partial charge is 0.207 e. The van der Waals surface area contributed by atoms with Crippen LogP contribution in [0.2, 0.25) is 0 Å². The molecule has 1 aliphatic rings. The number of hydrogen-bond acceptors (Lipinski definition) is 2. The molecule has 1 fully saturated rings. The van der Waals surface area contributed by atoms with Crippen LogP contribution in [0.15, 0.2) is 27.6 Å². The van der Waals surface area contributed by atoms with Crippen LogP contribution in [0.5, 0.6) is 0 Å². The summed E-state index contributed by atoms with van der Waals surface area (Å²) in [7, 11) is -3.41. The van der Waals surface area contributed by atoms with Gasteiger partial charge in [0.15, 0.2) is 0 Å². The van der Waals surface area contributed by atoms with Gasteiger partial charge in [-0.05, 0) is 52.9 Å². The van der Waals surface area contributed by atoms with Crippen LogP contribution in [0.25, 0.3) is 0 Å². The van der Waals surface area contributed by atoms with Gasteiger partial charge < -0.3 is 0 Å². The van der Waals surface area contributed by atoms with Crippen molar-refractivity contribution in [1.82, 2.24) is 4.31 Å². The second kappa shape index (κ2) is 6.12. The zero-order valence-electron chi connectivity index (χ0n) is 10.8. The van der Waals surface area contributed by atoms with Crippen LogP contribution in [0.1, 0.15) is 31.7 Å². The van der Waals surface area contributed by atoms with Crippen molar-refractivity contribution in [1.29, 1.82) is 0 Å². The van der Waals surface area contributed by atoms with E-state index in [-0.39, 0.29) is 6.04 Å². The number of hydrogen-bond donors (Lipinski definition) is 0. The highest BCUT2D eigenvalue weighted by atomic mass is 79.9. The van der Waals surface area contributed by atoms with Gasteiger partial charge in [-0.25, -0.2) is 8.42 Å². The predicted octanol–water partition coefficient (Wildman–Crippen LogP) is 3.75. The lowest BCUT2D eigenvalue weighted by molar-refractivity contribution is 0.403. The van der Waals surface area contributed by atoms with Crippen LogP contribution in [-0.2, 0) is 15.9 Å². The van der Waals surface area contributed by atoms with Gasteiger partial charge in [0.25, 0.3) is 0 Å². The van der Waals surface area contributed by atoms with Crippen molar-refractivity contribution in [2.24, 2.45) is 0 Å². The summed E-state index contributed by atoms with van der Waals surface area (Å²) in [5.41, 5.74) is 0.904. The Hall–Kier alpha value is -0.100. The van der Waals surface area contributed by atoms with E-state index in [9.17, 15) is 8.42 Å². The Morgan fingerprint density at radius 3 is 2.58 bits per heavy atom. The van der Waals surface area contributed by atoms with E-state index in [1.807, 2.05) is 6.92 Å². The van der Waals surface area contributed by atoms with E-state index in [2.05, 4.69) is 15.9 Å². The maximum atomic E-state index is 12.7. The molecule has 1 aliphatic carbocycles. The number of halogens is 2. The topological polar surface area (TPSA) is 37.4 Å². The first-order valence-electron chi connectivity index (χ1n) is 6.37. The van der Waals surface area contributed by atoms with Gasteiger partial charge in [-0.3, -0.25) is 0 Å². The van der Waals surface area contributed by atoms with Gasteiger partial charge in [-0.15, -0.1) is 11.6 Å². The Labute approximate surface area is 128 Å². The number of rotatable bonds is 6. The van der Waals surface area contributed by atoms with E-state index in [1.54, 1.807) is 22.5 Å². The Morgan fingerprint density at radius 2 is 2.11 bits per heavy atom. The number of nitrogens with zero attached hydrogens (tertiary/aromatic N) is 1. The summed E-state index contributed by atoms with van der Waals surface area (Å²) in [6.07, 6.45) is 2.76. The van der Waals surface area contributed by atoms with Crippen LogP contribution in [0.4, 0.5) is 0 Å². The van der Waals surface area contributed by atoms with E-state index in [4.69, 9.17) is 11.6 Å². The molecule has 3 nitrogen and oxygen atoms in total. The quantitative estimate of drug-likeness (QED) is 0.719. The summed E-state index contributed by atoms with van der Waals surface area (Å²) < 4.78 is 27.6. The molecule has 0 heterocycles. The molecule has 1 saturated carbocycles. The molecule has 1 aromatic carbocycles. The maximum absolute atomic E-state index is 12.7. The predicted molar refractivity (Wildman–Crippen MR) is 80.9 cm³/mol. The van der Waals surface area contributed by atoms with Crippen LogP contribution >= 0.6 is 27.5 Å². The second-order valence-electron chi connectivity index (χ2n) is 4.75. The van der Waals surface area contributed by atoms with Gasteiger partial charge >= 0.3 is 0 Å². The molecule has 0 unspecified atom stereocenters. The fraction of sp³-hybridized carbons (Fsp3) is 0.538. The zero-order chi connectivity index (χ0) is 14.0. The molecular formula is C13H17BrClNO2S. The second-order valence-corrected chi connectivity index (χ2v) is 7.73. The fourth-order valence-electron chi connectivity index (χ4n) is 2.04. The van der Waals surface area contributed by atoms with E-state index in [1.165, 1.54) is 0 Å². The average Bonchev–Trinajstić information content (AvgIpc) is 3.19. The van der Waals surface area contributed by atoms with E-state index >= 15 is 0 Å². The minimum atomic E-state index is -3.41. The summed E-state index contributed by atoms with van der Waals surface area (Å²) in [6.45, 7) is 2.58. The van der Waals surface area contributed by atoms with Crippen molar-refractivity contribution in [3.8, 4) is 0 Å². The van der Waals surface area contributed by atoms with Gasteiger partial charge in [-0.1, -0.05) is 13.0 Å². The first-order chi connectivity index (χ1) is 9.00. The van der Waals surface area contributed by atoms with E-state index in [0.717, 1.165) is 24.8 Å². The molecule has 0 spiro atoms. The third kappa shape index (κ3) is 3.32. The molecule has 6 heteroatoms. The first-order valence-corrected chi connectivity index (χ1v) is 9.13.